The number of allylic oxidation sites excluding steroid dienone is 2. The van der Waals surface area contributed by atoms with E-state index >= 15 is 0 Å². The molecule has 1 aliphatic heterocycles. The minimum absolute atomic E-state index is 0.347. The van der Waals surface area contributed by atoms with Crippen molar-refractivity contribution in [2.24, 2.45) is 5.73 Å². The number of hydrogen-bond acceptors (Lipinski definition) is 4. The molecule has 1 fully saturated rings. The molecule has 0 aromatic heterocycles. The van der Waals surface area contributed by atoms with E-state index in [2.05, 4.69) is 17.1 Å². The molecule has 1 heterocycles. The normalized spacial score (nSPS) is 19.3. The largest absolute Gasteiger partial charge is 0.389 e. The van der Waals surface area contributed by atoms with Crippen molar-refractivity contribution in [2.45, 2.75) is 38.2 Å². The van der Waals surface area contributed by atoms with Crippen molar-refractivity contribution in [2.75, 3.05) is 39.4 Å². The molecule has 4 N–H and O–H groups in total. The Morgan fingerprint density at radius 1 is 1.47 bits per heavy atom. The SMILES string of the molecule is CCC/C(=C\CF)NCCCCN1CC(O)(CN)C1. The molecule has 0 aliphatic carbocycles. The number of β-amino-alcohol motifs (C(OH)–C–C–N with tert-alkyl or cyclic N) is 1. The third kappa shape index (κ3) is 5.89. The molecule has 0 amide bonds. The summed E-state index contributed by atoms with van der Waals surface area (Å²) in [5, 5.41) is 13.1. The molecule has 0 radical (unpaired) electrons. The van der Waals surface area contributed by atoms with E-state index in [9.17, 15) is 9.50 Å². The Balaban J connectivity index is 2.01. The van der Waals surface area contributed by atoms with Crippen molar-refractivity contribution in [3.63, 3.8) is 0 Å². The predicted octanol–water partition coefficient (Wildman–Crippen LogP) is 1.02. The van der Waals surface area contributed by atoms with Crippen molar-refractivity contribution in [1.82, 2.24) is 10.2 Å². The fourth-order valence-corrected chi connectivity index (χ4v) is 2.41. The van der Waals surface area contributed by atoms with Crippen molar-refractivity contribution < 1.29 is 9.50 Å². The number of likely N-dealkylation sites (tertiary alicyclic amines) is 1. The van der Waals surface area contributed by atoms with Crippen LogP contribution in [-0.4, -0.2) is 55.0 Å². The third-order valence-corrected chi connectivity index (χ3v) is 3.51. The first-order valence-electron chi connectivity index (χ1n) is 7.27. The van der Waals surface area contributed by atoms with Gasteiger partial charge >= 0.3 is 0 Å². The lowest BCUT2D eigenvalue weighted by Crippen LogP contribution is -2.65. The Morgan fingerprint density at radius 2 is 2.21 bits per heavy atom. The zero-order valence-electron chi connectivity index (χ0n) is 12.0. The van der Waals surface area contributed by atoms with Crippen LogP contribution in [-0.2, 0) is 0 Å². The van der Waals surface area contributed by atoms with Gasteiger partial charge in [-0.25, -0.2) is 4.39 Å². The summed E-state index contributed by atoms with van der Waals surface area (Å²) >= 11 is 0. The first kappa shape index (κ1) is 16.4. The quantitative estimate of drug-likeness (QED) is 0.520. The van der Waals surface area contributed by atoms with Gasteiger partial charge < -0.3 is 16.2 Å². The number of unbranched alkanes of at least 4 members (excludes halogenated alkanes) is 1. The topological polar surface area (TPSA) is 61.5 Å². The van der Waals surface area contributed by atoms with Gasteiger partial charge in [0.1, 0.15) is 12.3 Å². The third-order valence-electron chi connectivity index (χ3n) is 3.51. The summed E-state index contributed by atoms with van der Waals surface area (Å²) in [5.41, 5.74) is 5.85. The number of nitrogens with two attached hydrogens (primary N) is 1. The van der Waals surface area contributed by atoms with E-state index in [4.69, 9.17) is 5.73 Å². The molecule has 0 saturated carbocycles. The second-order valence-corrected chi connectivity index (χ2v) is 5.41. The summed E-state index contributed by atoms with van der Waals surface area (Å²) in [6, 6.07) is 0. The molecule has 0 unspecified atom stereocenters. The molecule has 0 aromatic rings. The first-order valence-corrected chi connectivity index (χ1v) is 7.27. The zero-order valence-corrected chi connectivity index (χ0v) is 12.0. The lowest BCUT2D eigenvalue weighted by atomic mass is 9.94. The molecule has 0 aromatic carbocycles. The average Bonchev–Trinajstić information content (AvgIpc) is 2.36. The molecule has 1 saturated heterocycles. The van der Waals surface area contributed by atoms with Gasteiger partial charge in [0.15, 0.2) is 0 Å². The van der Waals surface area contributed by atoms with E-state index in [0.29, 0.717) is 19.6 Å². The van der Waals surface area contributed by atoms with Gasteiger partial charge in [0, 0.05) is 31.9 Å². The van der Waals surface area contributed by atoms with Gasteiger partial charge in [0.2, 0.25) is 0 Å². The summed E-state index contributed by atoms with van der Waals surface area (Å²) < 4.78 is 12.3. The van der Waals surface area contributed by atoms with E-state index in [-0.39, 0.29) is 0 Å². The molecular weight excluding hydrogens is 245 g/mol. The molecule has 19 heavy (non-hydrogen) atoms. The number of halogens is 1. The van der Waals surface area contributed by atoms with Gasteiger partial charge in [0.25, 0.3) is 0 Å². The van der Waals surface area contributed by atoms with Crippen LogP contribution in [0.5, 0.6) is 0 Å². The van der Waals surface area contributed by atoms with Crippen molar-refractivity contribution >= 4 is 0 Å². The number of nitrogens with one attached hydrogen (secondary N) is 1. The standard InChI is InChI=1S/C14H28FN3O/c1-2-5-13(6-7-15)17-8-3-4-9-18-11-14(19,10-16)12-18/h6,17,19H,2-5,7-12,16H2,1H3/b13-6+. The second-order valence-electron chi connectivity index (χ2n) is 5.41. The van der Waals surface area contributed by atoms with Gasteiger partial charge in [-0.3, -0.25) is 4.90 Å². The van der Waals surface area contributed by atoms with Crippen LogP contribution in [0.25, 0.3) is 0 Å². The highest BCUT2D eigenvalue weighted by atomic mass is 19.1. The molecule has 112 valence electrons. The van der Waals surface area contributed by atoms with Gasteiger partial charge in [-0.2, -0.15) is 0 Å². The van der Waals surface area contributed by atoms with Crippen LogP contribution in [0.2, 0.25) is 0 Å². The zero-order chi connectivity index (χ0) is 14.1. The van der Waals surface area contributed by atoms with E-state index in [1.807, 2.05) is 0 Å². The van der Waals surface area contributed by atoms with Crippen molar-refractivity contribution in [3.05, 3.63) is 11.8 Å². The van der Waals surface area contributed by atoms with Crippen LogP contribution in [0.3, 0.4) is 0 Å². The average molecular weight is 273 g/mol. The minimum atomic E-state index is -0.642. The molecule has 0 bridgehead atoms. The number of nitrogens with zero attached hydrogens (tertiary/aromatic N) is 1. The smallest absolute Gasteiger partial charge is 0.110 e. The van der Waals surface area contributed by atoms with Crippen LogP contribution >= 0.6 is 0 Å². The van der Waals surface area contributed by atoms with E-state index in [0.717, 1.165) is 44.5 Å². The van der Waals surface area contributed by atoms with E-state index in [1.165, 1.54) is 0 Å². The van der Waals surface area contributed by atoms with Crippen LogP contribution in [0.4, 0.5) is 4.39 Å². The van der Waals surface area contributed by atoms with Gasteiger partial charge in [-0.05, 0) is 31.9 Å². The highest BCUT2D eigenvalue weighted by Crippen LogP contribution is 2.19. The highest BCUT2D eigenvalue weighted by molar-refractivity contribution is 4.99. The van der Waals surface area contributed by atoms with Gasteiger partial charge in [0.05, 0.1) is 0 Å². The Kier molecular flexibility index (Phi) is 7.34. The maximum absolute atomic E-state index is 12.3. The summed E-state index contributed by atoms with van der Waals surface area (Å²) in [7, 11) is 0. The minimum Gasteiger partial charge on any atom is -0.389 e. The summed E-state index contributed by atoms with van der Waals surface area (Å²) in [6.45, 7) is 5.32. The fourth-order valence-electron chi connectivity index (χ4n) is 2.41. The molecule has 4 nitrogen and oxygen atoms in total. The van der Waals surface area contributed by atoms with Crippen molar-refractivity contribution in [3.8, 4) is 0 Å². The Hall–Kier alpha value is -0.650. The fraction of sp³-hybridized carbons (Fsp3) is 0.857. The van der Waals surface area contributed by atoms with Crippen LogP contribution in [0, 0.1) is 0 Å². The molecule has 0 atom stereocenters. The van der Waals surface area contributed by atoms with Gasteiger partial charge in [-0.15, -0.1) is 0 Å². The maximum atomic E-state index is 12.3. The molecular formula is C14H28FN3O. The molecule has 0 spiro atoms. The Labute approximate surface area is 115 Å². The number of rotatable bonds is 10. The highest BCUT2D eigenvalue weighted by Gasteiger charge is 2.38. The van der Waals surface area contributed by atoms with Gasteiger partial charge in [-0.1, -0.05) is 13.3 Å². The maximum Gasteiger partial charge on any atom is 0.110 e. The lowest BCUT2D eigenvalue weighted by molar-refractivity contribution is -0.0900. The number of aliphatic hydroxyl groups is 1. The second kappa shape index (κ2) is 8.51. The predicted molar refractivity (Wildman–Crippen MR) is 76.6 cm³/mol. The lowest BCUT2D eigenvalue weighted by Gasteiger charge is -2.46. The van der Waals surface area contributed by atoms with Crippen molar-refractivity contribution in [1.29, 1.82) is 0 Å². The number of hydrogen-bond donors (Lipinski definition) is 3. The van der Waals surface area contributed by atoms with Crippen LogP contribution in [0.15, 0.2) is 11.8 Å². The van der Waals surface area contributed by atoms with E-state index in [1.54, 1.807) is 6.08 Å². The van der Waals surface area contributed by atoms with Crippen LogP contribution in [0.1, 0.15) is 32.6 Å². The summed E-state index contributed by atoms with van der Waals surface area (Å²) in [5.74, 6) is 0. The Bertz CT molecular complexity index is 278. The Morgan fingerprint density at radius 3 is 2.79 bits per heavy atom. The molecule has 1 aliphatic rings. The summed E-state index contributed by atoms with van der Waals surface area (Å²) in [4.78, 5) is 2.22. The monoisotopic (exact) mass is 273 g/mol. The molecule has 1 rings (SSSR count). The summed E-state index contributed by atoms with van der Waals surface area (Å²) in [6.07, 6.45) is 5.72. The number of alkyl halides is 1. The van der Waals surface area contributed by atoms with Crippen LogP contribution < -0.4 is 11.1 Å². The molecule has 5 heteroatoms. The van der Waals surface area contributed by atoms with E-state index < -0.39 is 12.3 Å². The first-order chi connectivity index (χ1) is 9.13.